The lowest BCUT2D eigenvalue weighted by molar-refractivity contribution is 1.53. The molecule has 0 aliphatic rings. The topological polar surface area (TPSA) is 4.36 Å². The lowest BCUT2D eigenvalue weighted by Crippen LogP contribution is -1.87. The summed E-state index contributed by atoms with van der Waals surface area (Å²) in [5.41, 5.74) is 4.46. The van der Waals surface area contributed by atoms with Crippen molar-refractivity contribution in [3.05, 3.63) is 125 Å². The Balaban J connectivity index is 1.86. The van der Waals surface area contributed by atoms with Gasteiger partial charge in [0.2, 0.25) is 0 Å². The molecule has 3 aromatic rings. The predicted molar refractivity (Wildman–Crippen MR) is 97.1 cm³/mol. The quantitative estimate of drug-likeness (QED) is 0.549. The molecule has 1 nitrogen and oxygen atoms in total. The first kappa shape index (κ1) is 14.7. The van der Waals surface area contributed by atoms with Crippen molar-refractivity contribution < 1.29 is 0 Å². The number of hydrogen-bond acceptors (Lipinski definition) is 0. The van der Waals surface area contributed by atoms with Crippen molar-refractivity contribution >= 4 is 5.57 Å². The lowest BCUT2D eigenvalue weighted by atomic mass is 9.98. The van der Waals surface area contributed by atoms with E-state index in [1.807, 2.05) is 72.8 Å². The van der Waals surface area contributed by atoms with Crippen LogP contribution in [0.2, 0.25) is 0 Å². The zero-order valence-corrected chi connectivity index (χ0v) is 12.8. The molecule has 0 aromatic heterocycles. The van der Waals surface area contributed by atoms with Crippen LogP contribution in [0.4, 0.5) is 0 Å². The molecular weight excluding hydrogens is 278 g/mol. The summed E-state index contributed by atoms with van der Waals surface area (Å²) in [6.45, 7) is 1.79. The fourth-order valence-corrected chi connectivity index (χ4v) is 2.33. The zero-order chi connectivity index (χ0) is 15.7. The van der Waals surface area contributed by atoms with Crippen LogP contribution in [0.5, 0.6) is 0 Å². The highest BCUT2D eigenvalue weighted by atomic mass is 14.6. The van der Waals surface area contributed by atoms with Crippen LogP contribution in [-0.4, -0.2) is 0 Å². The molecule has 0 bridgehead atoms. The van der Waals surface area contributed by atoms with Gasteiger partial charge in [-0.05, 0) is 0 Å². The minimum atomic E-state index is 0.970. The highest BCUT2D eigenvalue weighted by molar-refractivity contribution is 5.80. The largest absolute Gasteiger partial charge is 0.196 e. The molecule has 3 rings (SSSR count). The van der Waals surface area contributed by atoms with Gasteiger partial charge in [-0.15, -0.1) is 5.57 Å². The minimum absolute atomic E-state index is 0.970. The van der Waals surface area contributed by atoms with Crippen LogP contribution in [-0.2, 0) is 0 Å². The molecule has 0 atom stereocenters. The van der Waals surface area contributed by atoms with Crippen LogP contribution in [0.25, 0.3) is 10.4 Å². The van der Waals surface area contributed by atoms with Crippen LogP contribution in [0.15, 0.2) is 97.1 Å². The van der Waals surface area contributed by atoms with E-state index >= 15 is 0 Å². The first-order valence-electron chi connectivity index (χ1n) is 7.59. The summed E-state index contributed by atoms with van der Waals surface area (Å²) >= 11 is 0. The van der Waals surface area contributed by atoms with Crippen molar-refractivity contribution in [2.24, 2.45) is 0 Å². The van der Waals surface area contributed by atoms with E-state index in [2.05, 4.69) is 35.2 Å². The van der Waals surface area contributed by atoms with Crippen LogP contribution in [0.3, 0.4) is 0 Å². The average Bonchev–Trinajstić information content (AvgIpc) is 2.64. The van der Waals surface area contributed by atoms with E-state index in [0.717, 1.165) is 11.1 Å². The highest BCUT2D eigenvalue weighted by Crippen LogP contribution is 2.23. The molecule has 0 fully saturated rings. The summed E-state index contributed by atoms with van der Waals surface area (Å²) in [6, 6.07) is 33.6. The van der Waals surface area contributed by atoms with E-state index in [1.165, 1.54) is 11.1 Å². The standard InChI is InChI=1S/C22H17N/c1-4-10-19(11-5-1)18-23-17-16-22(20-12-6-2-7-13-20)21-14-8-3-9-15-21/h1-17H. The maximum absolute atomic E-state index is 4.28. The molecule has 0 aliphatic carbocycles. The summed E-state index contributed by atoms with van der Waals surface area (Å²) in [6.07, 6.45) is 2.03. The Morgan fingerprint density at radius 3 is 1.70 bits per heavy atom. The highest BCUT2D eigenvalue weighted by Gasteiger charge is 1.99. The zero-order valence-electron chi connectivity index (χ0n) is 12.8. The van der Waals surface area contributed by atoms with Gasteiger partial charge in [-0.3, -0.25) is 0 Å². The fourth-order valence-electron chi connectivity index (χ4n) is 2.33. The molecule has 0 saturated carbocycles. The van der Waals surface area contributed by atoms with E-state index in [1.54, 1.807) is 6.54 Å². The average molecular weight is 295 g/mol. The van der Waals surface area contributed by atoms with E-state index in [-0.39, 0.29) is 0 Å². The number of hydrogen-bond donors (Lipinski definition) is 0. The molecule has 0 N–H and O–H groups in total. The van der Waals surface area contributed by atoms with Crippen molar-refractivity contribution in [1.29, 1.82) is 0 Å². The van der Waals surface area contributed by atoms with Gasteiger partial charge in [0.25, 0.3) is 0 Å². The minimum Gasteiger partial charge on any atom is -0.174 e. The summed E-state index contributed by atoms with van der Waals surface area (Å²) in [4.78, 5) is 4.28. The molecule has 0 unspecified atom stereocenters. The Bertz CT molecular complexity index is 781. The van der Waals surface area contributed by atoms with Gasteiger partial charge in [-0.1, -0.05) is 108 Å². The molecule has 0 amide bonds. The van der Waals surface area contributed by atoms with E-state index in [4.69, 9.17) is 0 Å². The second kappa shape index (κ2) is 7.68. The Labute approximate surface area is 137 Å². The van der Waals surface area contributed by atoms with Gasteiger partial charge in [0.15, 0.2) is 12.6 Å². The lowest BCUT2D eigenvalue weighted by Gasteiger charge is -2.11. The first-order chi connectivity index (χ1) is 11.4. The summed E-state index contributed by atoms with van der Waals surface area (Å²) in [7, 11) is 0. The van der Waals surface area contributed by atoms with E-state index < -0.39 is 0 Å². The summed E-state index contributed by atoms with van der Waals surface area (Å²) < 4.78 is 0. The fraction of sp³-hybridized carbons (Fsp3) is 0. The van der Waals surface area contributed by atoms with Gasteiger partial charge in [0.05, 0.1) is 0 Å². The van der Waals surface area contributed by atoms with E-state index in [0.29, 0.717) is 0 Å². The van der Waals surface area contributed by atoms with E-state index in [9.17, 15) is 0 Å². The third-order valence-electron chi connectivity index (χ3n) is 3.45. The Morgan fingerprint density at radius 1 is 0.696 bits per heavy atom. The van der Waals surface area contributed by atoms with Gasteiger partial charge in [0, 0.05) is 5.56 Å². The summed E-state index contributed by atoms with van der Waals surface area (Å²) in [5.74, 6) is 0. The molecule has 0 spiro atoms. The normalized spacial score (nSPS) is 9.39. The predicted octanol–water partition coefficient (Wildman–Crippen LogP) is 5.66. The Kier molecular flexibility index (Phi) is 4.90. The molecule has 0 aliphatic heterocycles. The van der Waals surface area contributed by atoms with Gasteiger partial charge in [-0.25, -0.2) is 0 Å². The molecule has 1 heteroatoms. The van der Waals surface area contributed by atoms with Gasteiger partial charge < -0.3 is 0 Å². The molecule has 110 valence electrons. The van der Waals surface area contributed by atoms with Gasteiger partial charge in [-0.2, -0.15) is 4.85 Å². The number of benzene rings is 3. The Hall–Kier alpha value is -3.24. The molecule has 23 heavy (non-hydrogen) atoms. The second-order valence-electron chi connectivity index (χ2n) is 5.07. The van der Waals surface area contributed by atoms with Gasteiger partial charge in [0.1, 0.15) is 0 Å². The Morgan fingerprint density at radius 2 is 1.17 bits per heavy atom. The molecular formula is C22H17N. The van der Waals surface area contributed by atoms with Crippen LogP contribution < -0.4 is 0 Å². The summed E-state index contributed by atoms with van der Waals surface area (Å²) in [5, 5.41) is 0. The molecule has 3 aromatic carbocycles. The van der Waals surface area contributed by atoms with Crippen molar-refractivity contribution in [2.75, 3.05) is 0 Å². The van der Waals surface area contributed by atoms with Crippen LogP contribution >= 0.6 is 0 Å². The molecule has 0 radical (unpaired) electrons. The molecule has 0 saturated heterocycles. The SMILES string of the molecule is C(#[N+][CH-]C=C(c1ccccc1)c1ccccc1)c1ccccc1. The second-order valence-corrected chi connectivity index (χ2v) is 5.07. The maximum atomic E-state index is 4.28. The smallest absolute Gasteiger partial charge is 0.174 e. The number of nitrogens with zero attached hydrogens (tertiary/aromatic N) is 1. The third kappa shape index (κ3) is 4.12. The first-order valence-corrected chi connectivity index (χ1v) is 7.59. The van der Waals surface area contributed by atoms with Crippen molar-refractivity contribution in [1.82, 2.24) is 0 Å². The van der Waals surface area contributed by atoms with Gasteiger partial charge >= 0.3 is 0 Å². The maximum Gasteiger partial charge on any atom is 0.196 e. The third-order valence-corrected chi connectivity index (χ3v) is 3.45. The molecule has 0 heterocycles. The van der Waals surface area contributed by atoms with Crippen LogP contribution in [0, 0.1) is 12.6 Å². The number of rotatable bonds is 3. The van der Waals surface area contributed by atoms with Crippen LogP contribution in [0.1, 0.15) is 16.7 Å². The van der Waals surface area contributed by atoms with Crippen molar-refractivity contribution in [3.63, 3.8) is 0 Å². The monoisotopic (exact) mass is 295 g/mol. The van der Waals surface area contributed by atoms with Crippen molar-refractivity contribution in [3.8, 4) is 6.07 Å². The van der Waals surface area contributed by atoms with Crippen molar-refractivity contribution in [2.45, 2.75) is 0 Å².